The van der Waals surface area contributed by atoms with Gasteiger partial charge in [0, 0.05) is 37.0 Å². The van der Waals surface area contributed by atoms with E-state index in [1.165, 1.54) is 0 Å². The first-order chi connectivity index (χ1) is 14.0. The van der Waals surface area contributed by atoms with E-state index < -0.39 is 0 Å². The Bertz CT molecular complexity index is 891. The third-order valence-corrected chi connectivity index (χ3v) is 5.57. The fourth-order valence-electron chi connectivity index (χ4n) is 3.34. The van der Waals surface area contributed by atoms with Gasteiger partial charge in [0.15, 0.2) is 0 Å². The number of hydrogen-bond acceptors (Lipinski definition) is 4. The number of hydrogen-bond donors (Lipinski definition) is 1. The van der Waals surface area contributed by atoms with Crippen LogP contribution in [0.2, 0.25) is 10.0 Å². The first kappa shape index (κ1) is 21.4. The molecule has 0 radical (unpaired) electrons. The Kier molecular flexibility index (Phi) is 7.34. The minimum Gasteiger partial charge on any atom is -0.478 e. The van der Waals surface area contributed by atoms with E-state index in [1.807, 2.05) is 19.1 Å². The maximum atomic E-state index is 12.8. The number of nitrogens with one attached hydrogen (secondary N) is 1. The Morgan fingerprint density at radius 3 is 2.86 bits per heavy atom. The molecule has 8 heteroatoms. The van der Waals surface area contributed by atoms with Crippen molar-refractivity contribution in [1.82, 2.24) is 15.2 Å². The van der Waals surface area contributed by atoms with Gasteiger partial charge in [-0.25, -0.2) is 4.98 Å². The molecule has 1 aliphatic heterocycles. The molecule has 2 heterocycles. The average molecular weight is 436 g/mol. The zero-order valence-electron chi connectivity index (χ0n) is 16.2. The van der Waals surface area contributed by atoms with Crippen LogP contribution < -0.4 is 10.1 Å². The van der Waals surface area contributed by atoms with E-state index in [4.69, 9.17) is 27.9 Å². The van der Waals surface area contributed by atoms with Crippen LogP contribution in [0.5, 0.6) is 5.88 Å². The number of nitrogens with zero attached hydrogens (tertiary/aromatic N) is 2. The number of benzene rings is 1. The number of halogens is 2. The number of pyridine rings is 1. The molecule has 0 saturated carbocycles. The predicted octanol–water partition coefficient (Wildman–Crippen LogP) is 3.96. The standard InChI is InChI=1S/C21H23Cl2N3O3/c1-2-29-20-15(5-3-9-24-20)12-25-19(27)16-6-4-10-26(13-16)21(28)14-7-8-17(22)18(23)11-14/h3,5,7-9,11,16H,2,4,6,10,12-13H2,1H3,(H,25,27). The van der Waals surface area contributed by atoms with Crippen LogP contribution in [0.15, 0.2) is 36.5 Å². The maximum Gasteiger partial charge on any atom is 0.253 e. The van der Waals surface area contributed by atoms with Crippen LogP contribution in [0.3, 0.4) is 0 Å². The quantitative estimate of drug-likeness (QED) is 0.745. The lowest BCUT2D eigenvalue weighted by atomic mass is 9.96. The molecule has 1 fully saturated rings. The lowest BCUT2D eigenvalue weighted by molar-refractivity contribution is -0.126. The first-order valence-corrected chi connectivity index (χ1v) is 10.3. The summed E-state index contributed by atoms with van der Waals surface area (Å²) in [6.07, 6.45) is 3.16. The van der Waals surface area contributed by atoms with E-state index in [-0.39, 0.29) is 17.7 Å². The van der Waals surface area contributed by atoms with Crippen molar-refractivity contribution in [2.75, 3.05) is 19.7 Å². The Morgan fingerprint density at radius 1 is 1.28 bits per heavy atom. The van der Waals surface area contributed by atoms with E-state index in [0.29, 0.717) is 47.7 Å². The largest absolute Gasteiger partial charge is 0.478 e. The summed E-state index contributed by atoms with van der Waals surface area (Å²) in [6.45, 7) is 3.71. The number of ether oxygens (including phenoxy) is 1. The van der Waals surface area contributed by atoms with Crippen molar-refractivity contribution in [3.63, 3.8) is 0 Å². The second-order valence-electron chi connectivity index (χ2n) is 6.84. The van der Waals surface area contributed by atoms with E-state index in [1.54, 1.807) is 29.3 Å². The SMILES string of the molecule is CCOc1ncccc1CNC(=O)C1CCCN(C(=O)c2ccc(Cl)c(Cl)c2)C1. The molecule has 29 heavy (non-hydrogen) atoms. The second kappa shape index (κ2) is 9.94. The van der Waals surface area contributed by atoms with Crippen LogP contribution in [0.1, 0.15) is 35.7 Å². The fraction of sp³-hybridized carbons (Fsp3) is 0.381. The maximum absolute atomic E-state index is 12.8. The molecule has 2 amide bonds. The molecular weight excluding hydrogens is 413 g/mol. The highest BCUT2D eigenvalue weighted by atomic mass is 35.5. The van der Waals surface area contributed by atoms with Crippen LogP contribution >= 0.6 is 23.2 Å². The van der Waals surface area contributed by atoms with Crippen molar-refractivity contribution in [3.8, 4) is 5.88 Å². The zero-order chi connectivity index (χ0) is 20.8. The molecule has 2 aromatic rings. The lowest BCUT2D eigenvalue weighted by Gasteiger charge is -2.32. The molecule has 1 aromatic carbocycles. The first-order valence-electron chi connectivity index (χ1n) is 9.58. The molecule has 1 saturated heterocycles. The van der Waals surface area contributed by atoms with Crippen molar-refractivity contribution in [1.29, 1.82) is 0 Å². The van der Waals surface area contributed by atoms with Crippen molar-refractivity contribution in [2.24, 2.45) is 5.92 Å². The molecule has 1 atom stereocenters. The summed E-state index contributed by atoms with van der Waals surface area (Å²) in [5.41, 5.74) is 1.29. The van der Waals surface area contributed by atoms with Crippen LogP contribution in [-0.4, -0.2) is 41.4 Å². The van der Waals surface area contributed by atoms with Crippen molar-refractivity contribution < 1.29 is 14.3 Å². The molecule has 1 N–H and O–H groups in total. The second-order valence-corrected chi connectivity index (χ2v) is 7.65. The Hall–Kier alpha value is -2.31. The number of rotatable bonds is 6. The minimum absolute atomic E-state index is 0.0806. The van der Waals surface area contributed by atoms with Gasteiger partial charge in [-0.3, -0.25) is 9.59 Å². The van der Waals surface area contributed by atoms with Crippen LogP contribution in [0.4, 0.5) is 0 Å². The van der Waals surface area contributed by atoms with Gasteiger partial charge in [-0.15, -0.1) is 0 Å². The van der Waals surface area contributed by atoms with Gasteiger partial charge in [0.05, 0.1) is 22.6 Å². The van der Waals surface area contributed by atoms with Gasteiger partial charge in [-0.05, 0) is 44.0 Å². The zero-order valence-corrected chi connectivity index (χ0v) is 17.7. The van der Waals surface area contributed by atoms with Crippen LogP contribution in [0, 0.1) is 5.92 Å². The van der Waals surface area contributed by atoms with E-state index in [2.05, 4.69) is 10.3 Å². The lowest BCUT2D eigenvalue weighted by Crippen LogP contribution is -2.45. The molecule has 1 unspecified atom stereocenters. The van der Waals surface area contributed by atoms with Gasteiger partial charge in [0.1, 0.15) is 0 Å². The molecule has 6 nitrogen and oxygen atoms in total. The molecule has 1 aliphatic rings. The van der Waals surface area contributed by atoms with Gasteiger partial charge in [0.2, 0.25) is 11.8 Å². The number of amides is 2. The topological polar surface area (TPSA) is 71.5 Å². The highest BCUT2D eigenvalue weighted by Gasteiger charge is 2.29. The smallest absolute Gasteiger partial charge is 0.253 e. The number of carbonyl (C=O) groups excluding carboxylic acids is 2. The summed E-state index contributed by atoms with van der Waals surface area (Å²) in [7, 11) is 0. The highest BCUT2D eigenvalue weighted by molar-refractivity contribution is 6.42. The van der Waals surface area contributed by atoms with Gasteiger partial charge in [-0.2, -0.15) is 0 Å². The van der Waals surface area contributed by atoms with Crippen LogP contribution in [0.25, 0.3) is 0 Å². The van der Waals surface area contributed by atoms with Crippen molar-refractivity contribution in [3.05, 3.63) is 57.7 Å². The summed E-state index contributed by atoms with van der Waals surface area (Å²) in [5.74, 6) is 0.0351. The average Bonchev–Trinajstić information content (AvgIpc) is 2.74. The predicted molar refractivity (Wildman–Crippen MR) is 112 cm³/mol. The molecule has 3 rings (SSSR count). The monoisotopic (exact) mass is 435 g/mol. The fourth-order valence-corrected chi connectivity index (χ4v) is 3.64. The Balaban J connectivity index is 1.60. The summed E-state index contributed by atoms with van der Waals surface area (Å²) < 4.78 is 5.49. The van der Waals surface area contributed by atoms with Gasteiger partial charge in [-0.1, -0.05) is 29.3 Å². The van der Waals surface area contributed by atoms with E-state index in [0.717, 1.165) is 18.4 Å². The van der Waals surface area contributed by atoms with Gasteiger partial charge >= 0.3 is 0 Å². The molecule has 0 bridgehead atoms. The van der Waals surface area contributed by atoms with Gasteiger partial charge in [0.25, 0.3) is 5.91 Å². The normalized spacial score (nSPS) is 16.4. The van der Waals surface area contributed by atoms with Crippen LogP contribution in [-0.2, 0) is 11.3 Å². The summed E-state index contributed by atoms with van der Waals surface area (Å²) in [4.78, 5) is 31.4. The number of carbonyl (C=O) groups is 2. The number of aromatic nitrogens is 1. The summed E-state index contributed by atoms with van der Waals surface area (Å²) in [5, 5.41) is 3.69. The molecule has 1 aromatic heterocycles. The molecule has 0 aliphatic carbocycles. The summed E-state index contributed by atoms with van der Waals surface area (Å²) >= 11 is 12.0. The molecular formula is C21H23Cl2N3O3. The Morgan fingerprint density at radius 2 is 2.10 bits per heavy atom. The van der Waals surface area contributed by atoms with Crippen molar-refractivity contribution >= 4 is 35.0 Å². The number of piperidine rings is 1. The van der Waals surface area contributed by atoms with Crippen molar-refractivity contribution in [2.45, 2.75) is 26.3 Å². The molecule has 154 valence electrons. The van der Waals surface area contributed by atoms with E-state index in [9.17, 15) is 9.59 Å². The summed E-state index contributed by atoms with van der Waals surface area (Å²) in [6, 6.07) is 8.50. The molecule has 0 spiro atoms. The van der Waals surface area contributed by atoms with E-state index >= 15 is 0 Å². The number of likely N-dealkylation sites (tertiary alicyclic amines) is 1. The minimum atomic E-state index is -0.261. The highest BCUT2D eigenvalue weighted by Crippen LogP contribution is 2.25. The third-order valence-electron chi connectivity index (χ3n) is 4.83. The van der Waals surface area contributed by atoms with Gasteiger partial charge < -0.3 is 15.0 Å². The third kappa shape index (κ3) is 5.40. The Labute approximate surface area is 180 Å².